The first kappa shape index (κ1) is 26.2. The Hall–Kier alpha value is -4.38. The molecule has 1 saturated carbocycles. The minimum Gasteiger partial charge on any atom is -0.395 e. The van der Waals surface area contributed by atoms with Crippen LogP contribution in [0.4, 0.5) is 10.1 Å². The fourth-order valence-electron chi connectivity index (χ4n) is 4.94. The van der Waals surface area contributed by atoms with Crippen molar-refractivity contribution in [3.63, 3.8) is 0 Å². The highest BCUT2D eigenvalue weighted by Gasteiger charge is 2.36. The number of nitrogen functional groups attached to an aromatic ring is 1. The molecule has 39 heavy (non-hydrogen) atoms. The van der Waals surface area contributed by atoms with Crippen LogP contribution in [0.1, 0.15) is 63.0 Å². The third kappa shape index (κ3) is 5.44. The van der Waals surface area contributed by atoms with Gasteiger partial charge in [0, 0.05) is 23.2 Å². The summed E-state index contributed by atoms with van der Waals surface area (Å²) in [4.78, 5) is 45.4. The zero-order valence-electron chi connectivity index (χ0n) is 21.0. The minimum absolute atomic E-state index is 0.0255. The second-order valence-electron chi connectivity index (χ2n) is 9.51. The maximum Gasteiger partial charge on any atom is 0.270 e. The molecule has 2 aromatic carbocycles. The fraction of sp³-hybridized carbons (Fsp3) is 0.250. The number of anilines is 1. The monoisotopic (exact) mass is 546 g/mol. The van der Waals surface area contributed by atoms with Crippen molar-refractivity contribution in [3.8, 4) is 0 Å². The molecular weight excluding hydrogens is 519 g/mol. The van der Waals surface area contributed by atoms with Crippen LogP contribution in [0, 0.1) is 5.82 Å². The summed E-state index contributed by atoms with van der Waals surface area (Å²) in [5.74, 6) is -2.46. The van der Waals surface area contributed by atoms with Crippen molar-refractivity contribution >= 4 is 45.8 Å². The van der Waals surface area contributed by atoms with E-state index in [0.29, 0.717) is 17.1 Å². The molecule has 200 valence electrons. The highest BCUT2D eigenvalue weighted by atomic mass is 32.1. The van der Waals surface area contributed by atoms with Gasteiger partial charge in [-0.15, -0.1) is 0 Å². The Labute approximate surface area is 228 Å². The van der Waals surface area contributed by atoms with Crippen molar-refractivity contribution in [1.29, 1.82) is 0 Å². The number of pyridine rings is 1. The van der Waals surface area contributed by atoms with E-state index in [1.54, 1.807) is 48.7 Å². The van der Waals surface area contributed by atoms with Gasteiger partial charge in [0.1, 0.15) is 16.7 Å². The van der Waals surface area contributed by atoms with Crippen LogP contribution in [0.2, 0.25) is 0 Å². The number of nitrogens with zero attached hydrogens (tertiary/aromatic N) is 3. The Morgan fingerprint density at radius 2 is 1.87 bits per heavy atom. The normalized spacial score (nSPS) is 14.3. The number of carbonyl (C=O) groups excluding carboxylic acids is 3. The molecule has 2 heterocycles. The molecule has 5 N–H and O–H groups in total. The van der Waals surface area contributed by atoms with Crippen LogP contribution >= 0.6 is 11.5 Å². The third-order valence-corrected chi connectivity index (χ3v) is 7.77. The van der Waals surface area contributed by atoms with E-state index >= 15 is 0 Å². The Morgan fingerprint density at radius 3 is 2.59 bits per heavy atom. The van der Waals surface area contributed by atoms with Gasteiger partial charge in [0.25, 0.3) is 11.8 Å². The molecule has 5 rings (SSSR count). The summed E-state index contributed by atoms with van der Waals surface area (Å²) in [5, 5.41) is 3.87. The van der Waals surface area contributed by atoms with Gasteiger partial charge in [-0.2, -0.15) is 4.37 Å². The van der Waals surface area contributed by atoms with Gasteiger partial charge in [0.15, 0.2) is 5.69 Å². The maximum absolute atomic E-state index is 14.9. The van der Waals surface area contributed by atoms with Crippen LogP contribution in [-0.2, 0) is 11.3 Å². The first-order valence-corrected chi connectivity index (χ1v) is 13.3. The van der Waals surface area contributed by atoms with E-state index in [0.717, 1.165) is 36.6 Å². The zero-order valence-corrected chi connectivity index (χ0v) is 21.8. The second-order valence-corrected chi connectivity index (χ2v) is 10.3. The molecule has 2 aromatic heterocycles. The number of nitrogens with two attached hydrogens (primary N) is 2. The van der Waals surface area contributed by atoms with Gasteiger partial charge >= 0.3 is 0 Å². The Balaban J connectivity index is 1.64. The first-order chi connectivity index (χ1) is 18.8. The molecule has 0 aliphatic heterocycles. The highest BCUT2D eigenvalue weighted by Crippen LogP contribution is 2.32. The van der Waals surface area contributed by atoms with Crippen LogP contribution in [0.15, 0.2) is 60.8 Å². The van der Waals surface area contributed by atoms with Crippen LogP contribution in [0.3, 0.4) is 0 Å². The molecule has 1 atom stereocenters. The number of benzene rings is 2. The largest absolute Gasteiger partial charge is 0.395 e. The van der Waals surface area contributed by atoms with Crippen molar-refractivity contribution in [3.05, 3.63) is 88.3 Å². The summed E-state index contributed by atoms with van der Waals surface area (Å²) in [6, 6.07) is 13.8. The number of rotatable bonds is 8. The quantitative estimate of drug-likeness (QED) is 0.305. The molecule has 4 aromatic rings. The molecule has 1 aliphatic rings. The molecule has 3 amide bonds. The number of aromatic nitrogens is 2. The van der Waals surface area contributed by atoms with Crippen LogP contribution in [0.25, 0.3) is 10.9 Å². The summed E-state index contributed by atoms with van der Waals surface area (Å²) in [6.07, 6.45) is 5.35. The van der Waals surface area contributed by atoms with E-state index in [1.807, 2.05) is 6.07 Å². The molecule has 1 aliphatic carbocycles. The van der Waals surface area contributed by atoms with Crippen molar-refractivity contribution in [1.82, 2.24) is 19.6 Å². The number of carbonyl (C=O) groups is 3. The van der Waals surface area contributed by atoms with Crippen LogP contribution in [-0.4, -0.2) is 38.0 Å². The summed E-state index contributed by atoms with van der Waals surface area (Å²) in [6.45, 7) is -0.234. The molecular formula is C28H27FN6O3S. The Morgan fingerprint density at radius 1 is 1.10 bits per heavy atom. The van der Waals surface area contributed by atoms with Gasteiger partial charge in [-0.3, -0.25) is 19.4 Å². The third-order valence-electron chi connectivity index (χ3n) is 6.92. The lowest BCUT2D eigenvalue weighted by molar-refractivity contribution is -0.126. The number of fused-ring (bicyclic) bond motifs is 1. The average Bonchev–Trinajstić information content (AvgIpc) is 3.58. The highest BCUT2D eigenvalue weighted by molar-refractivity contribution is 7.09. The van der Waals surface area contributed by atoms with E-state index in [1.165, 1.54) is 11.0 Å². The fourth-order valence-corrected chi connectivity index (χ4v) is 5.70. The van der Waals surface area contributed by atoms with Gasteiger partial charge in [-0.05, 0) is 54.2 Å². The lowest BCUT2D eigenvalue weighted by Gasteiger charge is -2.32. The van der Waals surface area contributed by atoms with Gasteiger partial charge < -0.3 is 21.7 Å². The summed E-state index contributed by atoms with van der Waals surface area (Å²) >= 11 is 0.713. The summed E-state index contributed by atoms with van der Waals surface area (Å²) in [5.41, 5.74) is 12.5. The molecule has 0 saturated heterocycles. The van der Waals surface area contributed by atoms with E-state index in [-0.39, 0.29) is 34.4 Å². The number of primary amides is 1. The lowest BCUT2D eigenvalue weighted by atomic mass is 9.99. The molecule has 0 bridgehead atoms. The van der Waals surface area contributed by atoms with Crippen LogP contribution < -0.4 is 16.8 Å². The van der Waals surface area contributed by atoms with Gasteiger partial charge in [-0.1, -0.05) is 43.2 Å². The predicted molar refractivity (Wildman–Crippen MR) is 146 cm³/mol. The van der Waals surface area contributed by atoms with E-state index < -0.39 is 29.6 Å². The molecule has 9 nitrogen and oxygen atoms in total. The van der Waals surface area contributed by atoms with E-state index in [2.05, 4.69) is 14.7 Å². The summed E-state index contributed by atoms with van der Waals surface area (Å²) in [7, 11) is 0. The second kappa shape index (κ2) is 11.2. The van der Waals surface area contributed by atoms with Gasteiger partial charge in [0.2, 0.25) is 5.91 Å². The zero-order chi connectivity index (χ0) is 27.5. The average molecular weight is 547 g/mol. The van der Waals surface area contributed by atoms with Gasteiger partial charge in [0.05, 0.1) is 17.7 Å². The topological polar surface area (TPSA) is 144 Å². The number of halogens is 1. The number of amides is 3. The smallest absolute Gasteiger partial charge is 0.270 e. The predicted octanol–water partition coefficient (Wildman–Crippen LogP) is 3.95. The molecule has 0 radical (unpaired) electrons. The number of nitrogens with one attached hydrogen (secondary N) is 1. The Bertz CT molecular complexity index is 1550. The van der Waals surface area contributed by atoms with Crippen molar-refractivity contribution < 1.29 is 18.8 Å². The van der Waals surface area contributed by atoms with Crippen molar-refractivity contribution in [2.24, 2.45) is 5.73 Å². The summed E-state index contributed by atoms with van der Waals surface area (Å²) < 4.78 is 18.8. The molecule has 1 fully saturated rings. The molecule has 0 spiro atoms. The number of hydrogen-bond donors (Lipinski definition) is 3. The maximum atomic E-state index is 14.9. The van der Waals surface area contributed by atoms with E-state index in [9.17, 15) is 18.8 Å². The SMILES string of the molecule is NC(=O)c1nsc(C(=O)N(Cc2ccccc2F)C(C(=O)NC2CCCC2)c2ccc3ncccc3c2)c1N. The van der Waals surface area contributed by atoms with Crippen molar-refractivity contribution in [2.75, 3.05) is 5.73 Å². The Kier molecular flexibility index (Phi) is 7.51. The van der Waals surface area contributed by atoms with E-state index in [4.69, 9.17) is 11.5 Å². The van der Waals surface area contributed by atoms with Crippen molar-refractivity contribution in [2.45, 2.75) is 44.3 Å². The minimum atomic E-state index is -1.14. The van der Waals surface area contributed by atoms with Gasteiger partial charge in [-0.25, -0.2) is 4.39 Å². The first-order valence-electron chi connectivity index (χ1n) is 12.6. The van der Waals surface area contributed by atoms with Crippen LogP contribution in [0.5, 0.6) is 0 Å². The standard InChI is InChI=1S/C28H27FN6O3S/c29-20-10-4-1-6-18(20)15-35(28(38)25-22(30)23(26(31)36)34-39-25)24(27(37)33-19-8-2-3-9-19)17-11-12-21-16(14-17)7-5-13-32-21/h1,4-7,10-14,19,24H,2-3,8-9,15,30H2,(H2,31,36)(H,33,37). The lowest BCUT2D eigenvalue weighted by Crippen LogP contribution is -2.46. The molecule has 11 heteroatoms. The number of hydrogen-bond acceptors (Lipinski definition) is 7. The molecule has 1 unspecified atom stereocenters.